The molecule has 2 atom stereocenters. The molecule has 0 spiro atoms. The molecule has 3 rings (SSSR count). The van der Waals surface area contributed by atoms with Crippen LogP contribution in [0.3, 0.4) is 0 Å². The Morgan fingerprint density at radius 2 is 2.17 bits per heavy atom. The number of pyridine rings is 1. The van der Waals surface area contributed by atoms with E-state index in [1.807, 2.05) is 37.5 Å². The molecule has 0 bridgehead atoms. The predicted octanol–water partition coefficient (Wildman–Crippen LogP) is 2.39. The largest absolute Gasteiger partial charge is 0.488 e. The number of hydrogen-bond donors (Lipinski definition) is 1. The lowest BCUT2D eigenvalue weighted by molar-refractivity contribution is 0.199. The number of fused-ring (bicyclic) bond motifs is 1. The molecule has 1 aliphatic heterocycles. The lowest BCUT2D eigenvalue weighted by Crippen LogP contribution is -2.30. The quantitative estimate of drug-likeness (QED) is 0.876. The van der Waals surface area contributed by atoms with E-state index in [-0.39, 0.29) is 12.1 Å². The zero-order valence-corrected chi connectivity index (χ0v) is 10.3. The number of nitrogens with zero attached hydrogens (tertiary/aromatic N) is 1. The Hall–Kier alpha value is -1.87. The highest BCUT2D eigenvalue weighted by atomic mass is 16.5. The Morgan fingerprint density at radius 1 is 1.33 bits per heavy atom. The summed E-state index contributed by atoms with van der Waals surface area (Å²) in [4.78, 5) is 4.19. The van der Waals surface area contributed by atoms with Crippen LogP contribution < -0.4 is 10.5 Å². The Kier molecular flexibility index (Phi) is 2.76. The summed E-state index contributed by atoms with van der Waals surface area (Å²) in [6.07, 6.45) is 4.53. The van der Waals surface area contributed by atoms with Crippen molar-refractivity contribution in [3.63, 3.8) is 0 Å². The SMILES string of the molecule is Cc1cncc(C(N)C2Cc3ccccc3O2)c1. The number of rotatable bonds is 2. The maximum atomic E-state index is 6.28. The average Bonchev–Trinajstić information content (AvgIpc) is 2.81. The zero-order chi connectivity index (χ0) is 12.5. The maximum absolute atomic E-state index is 6.28. The fourth-order valence-corrected chi connectivity index (χ4v) is 2.38. The summed E-state index contributed by atoms with van der Waals surface area (Å²) in [6, 6.07) is 10.0. The van der Waals surface area contributed by atoms with Crippen molar-refractivity contribution in [3.8, 4) is 5.75 Å². The highest BCUT2D eigenvalue weighted by molar-refractivity contribution is 5.38. The van der Waals surface area contributed by atoms with Crippen molar-refractivity contribution in [2.75, 3.05) is 0 Å². The fraction of sp³-hybridized carbons (Fsp3) is 0.267. The van der Waals surface area contributed by atoms with Gasteiger partial charge in [-0.2, -0.15) is 0 Å². The Balaban J connectivity index is 1.82. The average molecular weight is 240 g/mol. The first-order valence-electron chi connectivity index (χ1n) is 6.16. The highest BCUT2D eigenvalue weighted by Crippen LogP contribution is 2.32. The van der Waals surface area contributed by atoms with Crippen LogP contribution in [0.25, 0.3) is 0 Å². The molecule has 2 unspecified atom stereocenters. The molecule has 0 saturated heterocycles. The first-order valence-corrected chi connectivity index (χ1v) is 6.16. The van der Waals surface area contributed by atoms with E-state index < -0.39 is 0 Å². The Labute approximate surface area is 107 Å². The van der Waals surface area contributed by atoms with E-state index in [2.05, 4.69) is 17.1 Å². The van der Waals surface area contributed by atoms with Gasteiger partial charge >= 0.3 is 0 Å². The molecule has 18 heavy (non-hydrogen) atoms. The van der Waals surface area contributed by atoms with Gasteiger partial charge in [-0.3, -0.25) is 4.98 Å². The summed E-state index contributed by atoms with van der Waals surface area (Å²) in [6.45, 7) is 2.02. The number of para-hydroxylation sites is 1. The molecule has 2 N–H and O–H groups in total. The summed E-state index contributed by atoms with van der Waals surface area (Å²) in [5.74, 6) is 0.957. The van der Waals surface area contributed by atoms with Gasteiger partial charge in [0.2, 0.25) is 0 Å². The second kappa shape index (κ2) is 4.42. The Morgan fingerprint density at radius 3 is 2.94 bits per heavy atom. The molecule has 1 aliphatic rings. The van der Waals surface area contributed by atoms with Crippen molar-refractivity contribution in [1.29, 1.82) is 0 Å². The van der Waals surface area contributed by atoms with Gasteiger partial charge in [0.25, 0.3) is 0 Å². The van der Waals surface area contributed by atoms with E-state index in [4.69, 9.17) is 10.5 Å². The lowest BCUT2D eigenvalue weighted by atomic mass is 9.99. The Bertz CT molecular complexity index is 543. The molecule has 2 heterocycles. The van der Waals surface area contributed by atoms with Crippen LogP contribution >= 0.6 is 0 Å². The molecule has 0 saturated carbocycles. The van der Waals surface area contributed by atoms with Crippen LogP contribution in [0.4, 0.5) is 0 Å². The van der Waals surface area contributed by atoms with E-state index in [1.54, 1.807) is 0 Å². The summed E-state index contributed by atoms with van der Waals surface area (Å²) >= 11 is 0. The zero-order valence-electron chi connectivity index (χ0n) is 10.3. The molecular formula is C15H16N2O. The standard InChI is InChI=1S/C15H16N2O/c1-10-6-12(9-17-8-10)15(16)14-7-11-4-2-3-5-13(11)18-14/h2-6,8-9,14-15H,7,16H2,1H3. The summed E-state index contributed by atoms with van der Waals surface area (Å²) in [7, 11) is 0. The van der Waals surface area contributed by atoms with Gasteiger partial charge in [0, 0.05) is 18.8 Å². The molecule has 3 nitrogen and oxygen atoms in total. The van der Waals surface area contributed by atoms with Crippen LogP contribution in [0.15, 0.2) is 42.7 Å². The summed E-state index contributed by atoms with van der Waals surface area (Å²) in [5, 5.41) is 0. The van der Waals surface area contributed by atoms with Crippen molar-refractivity contribution >= 4 is 0 Å². The van der Waals surface area contributed by atoms with Crippen LogP contribution in [0.2, 0.25) is 0 Å². The second-order valence-electron chi connectivity index (χ2n) is 4.79. The second-order valence-corrected chi connectivity index (χ2v) is 4.79. The predicted molar refractivity (Wildman–Crippen MR) is 70.5 cm³/mol. The van der Waals surface area contributed by atoms with E-state index in [0.717, 1.165) is 23.3 Å². The van der Waals surface area contributed by atoms with Gasteiger partial charge in [-0.15, -0.1) is 0 Å². The third-order valence-corrected chi connectivity index (χ3v) is 3.35. The van der Waals surface area contributed by atoms with Crippen molar-refractivity contribution < 1.29 is 4.74 Å². The van der Waals surface area contributed by atoms with Gasteiger partial charge < -0.3 is 10.5 Å². The van der Waals surface area contributed by atoms with Gasteiger partial charge in [-0.1, -0.05) is 24.3 Å². The molecule has 92 valence electrons. The number of nitrogens with two attached hydrogens (primary N) is 1. The number of hydrogen-bond acceptors (Lipinski definition) is 3. The smallest absolute Gasteiger partial charge is 0.123 e. The molecule has 2 aromatic rings. The first-order chi connectivity index (χ1) is 8.74. The minimum atomic E-state index is -0.134. The molecule has 0 fully saturated rings. The van der Waals surface area contributed by atoms with Crippen LogP contribution in [0.1, 0.15) is 22.7 Å². The van der Waals surface area contributed by atoms with Crippen molar-refractivity contribution in [3.05, 3.63) is 59.4 Å². The molecule has 1 aromatic heterocycles. The third kappa shape index (κ3) is 1.97. The van der Waals surface area contributed by atoms with Crippen molar-refractivity contribution in [1.82, 2.24) is 4.98 Å². The maximum Gasteiger partial charge on any atom is 0.123 e. The minimum Gasteiger partial charge on any atom is -0.488 e. The van der Waals surface area contributed by atoms with E-state index in [0.29, 0.717) is 0 Å². The molecular weight excluding hydrogens is 224 g/mol. The van der Waals surface area contributed by atoms with Crippen LogP contribution in [0.5, 0.6) is 5.75 Å². The monoisotopic (exact) mass is 240 g/mol. The summed E-state index contributed by atoms with van der Waals surface area (Å²) in [5.41, 5.74) is 9.68. The molecule has 1 aromatic carbocycles. The topological polar surface area (TPSA) is 48.1 Å². The van der Waals surface area contributed by atoms with E-state index in [1.165, 1.54) is 5.56 Å². The molecule has 0 amide bonds. The molecule has 0 radical (unpaired) electrons. The van der Waals surface area contributed by atoms with Crippen LogP contribution in [-0.2, 0) is 6.42 Å². The fourth-order valence-electron chi connectivity index (χ4n) is 2.38. The summed E-state index contributed by atoms with van der Waals surface area (Å²) < 4.78 is 5.91. The van der Waals surface area contributed by atoms with Crippen molar-refractivity contribution in [2.24, 2.45) is 5.73 Å². The number of aryl methyl sites for hydroxylation is 1. The minimum absolute atomic E-state index is 0.00556. The third-order valence-electron chi connectivity index (χ3n) is 3.35. The van der Waals surface area contributed by atoms with Gasteiger partial charge in [-0.25, -0.2) is 0 Å². The number of ether oxygens (including phenoxy) is 1. The van der Waals surface area contributed by atoms with Gasteiger partial charge in [0.1, 0.15) is 11.9 Å². The lowest BCUT2D eigenvalue weighted by Gasteiger charge is -2.19. The van der Waals surface area contributed by atoms with Crippen LogP contribution in [0, 0.1) is 6.92 Å². The number of aromatic nitrogens is 1. The van der Waals surface area contributed by atoms with Gasteiger partial charge in [-0.05, 0) is 29.7 Å². The van der Waals surface area contributed by atoms with E-state index in [9.17, 15) is 0 Å². The first kappa shape index (κ1) is 11.2. The van der Waals surface area contributed by atoms with Gasteiger partial charge in [0.15, 0.2) is 0 Å². The highest BCUT2D eigenvalue weighted by Gasteiger charge is 2.28. The van der Waals surface area contributed by atoms with Crippen LogP contribution in [-0.4, -0.2) is 11.1 Å². The molecule has 0 aliphatic carbocycles. The molecule has 3 heteroatoms. The normalized spacial score (nSPS) is 19.1. The van der Waals surface area contributed by atoms with E-state index >= 15 is 0 Å². The van der Waals surface area contributed by atoms with Gasteiger partial charge in [0.05, 0.1) is 6.04 Å². The van der Waals surface area contributed by atoms with Crippen molar-refractivity contribution in [2.45, 2.75) is 25.5 Å². The number of benzene rings is 1.